The zero-order valence-electron chi connectivity index (χ0n) is 11.5. The maximum absolute atomic E-state index is 3.48. The van der Waals surface area contributed by atoms with Gasteiger partial charge in [0, 0.05) is 6.04 Å². The third-order valence-corrected chi connectivity index (χ3v) is 3.77. The molecule has 0 aliphatic carbocycles. The van der Waals surface area contributed by atoms with E-state index < -0.39 is 0 Å². The molecule has 1 N–H and O–H groups in total. The van der Waals surface area contributed by atoms with Crippen molar-refractivity contribution in [2.45, 2.75) is 58.9 Å². The van der Waals surface area contributed by atoms with Gasteiger partial charge in [-0.25, -0.2) is 0 Å². The Morgan fingerprint density at radius 3 is 2.88 bits per heavy atom. The van der Waals surface area contributed by atoms with Gasteiger partial charge in [0.1, 0.15) is 0 Å². The van der Waals surface area contributed by atoms with Crippen LogP contribution in [0.5, 0.6) is 0 Å². The SMILES string of the molecule is CCNC(C)CCCN1CCCC(C)CC1. The molecule has 0 aromatic rings. The van der Waals surface area contributed by atoms with Crippen LogP contribution >= 0.6 is 0 Å². The molecule has 2 heteroatoms. The molecule has 2 nitrogen and oxygen atoms in total. The maximum atomic E-state index is 3.48. The summed E-state index contributed by atoms with van der Waals surface area (Å²) in [7, 11) is 0. The van der Waals surface area contributed by atoms with Crippen molar-refractivity contribution in [2.24, 2.45) is 5.92 Å². The van der Waals surface area contributed by atoms with E-state index in [2.05, 4.69) is 31.0 Å². The summed E-state index contributed by atoms with van der Waals surface area (Å²) in [4.78, 5) is 2.67. The molecule has 2 unspecified atom stereocenters. The Hall–Kier alpha value is -0.0800. The first-order valence-electron chi connectivity index (χ1n) is 7.18. The van der Waals surface area contributed by atoms with E-state index >= 15 is 0 Å². The summed E-state index contributed by atoms with van der Waals surface area (Å²) in [5.74, 6) is 0.950. The molecule has 0 bridgehead atoms. The molecule has 0 radical (unpaired) electrons. The molecule has 96 valence electrons. The fourth-order valence-electron chi connectivity index (χ4n) is 2.62. The van der Waals surface area contributed by atoms with Crippen LogP contribution in [0.4, 0.5) is 0 Å². The molecule has 0 spiro atoms. The van der Waals surface area contributed by atoms with Crippen LogP contribution in [0.15, 0.2) is 0 Å². The topological polar surface area (TPSA) is 15.3 Å². The van der Waals surface area contributed by atoms with Crippen LogP contribution in [0.2, 0.25) is 0 Å². The highest BCUT2D eigenvalue weighted by molar-refractivity contribution is 4.68. The molecule has 1 rings (SSSR count). The van der Waals surface area contributed by atoms with E-state index in [-0.39, 0.29) is 0 Å². The number of nitrogens with one attached hydrogen (secondary N) is 1. The number of hydrogen-bond donors (Lipinski definition) is 1. The van der Waals surface area contributed by atoms with E-state index in [1.54, 1.807) is 0 Å². The second-order valence-corrected chi connectivity index (χ2v) is 5.48. The van der Waals surface area contributed by atoms with Crippen LogP contribution in [0.25, 0.3) is 0 Å². The van der Waals surface area contributed by atoms with Crippen molar-refractivity contribution in [3.8, 4) is 0 Å². The molecule has 16 heavy (non-hydrogen) atoms. The minimum Gasteiger partial charge on any atom is -0.315 e. The number of hydrogen-bond acceptors (Lipinski definition) is 2. The summed E-state index contributed by atoms with van der Waals surface area (Å²) in [6, 6.07) is 0.691. The molecule has 0 aromatic carbocycles. The molecule has 1 fully saturated rings. The van der Waals surface area contributed by atoms with Crippen molar-refractivity contribution < 1.29 is 0 Å². The van der Waals surface area contributed by atoms with Crippen LogP contribution in [-0.4, -0.2) is 37.1 Å². The third-order valence-electron chi connectivity index (χ3n) is 3.77. The lowest BCUT2D eigenvalue weighted by Crippen LogP contribution is -2.29. The molecule has 1 aliphatic rings. The Morgan fingerprint density at radius 2 is 2.12 bits per heavy atom. The van der Waals surface area contributed by atoms with Crippen molar-refractivity contribution in [2.75, 3.05) is 26.2 Å². The molecule has 0 saturated carbocycles. The Morgan fingerprint density at radius 1 is 1.31 bits per heavy atom. The largest absolute Gasteiger partial charge is 0.315 e. The molecule has 0 amide bonds. The second kappa shape index (κ2) is 8.08. The van der Waals surface area contributed by atoms with E-state index in [0.717, 1.165) is 12.5 Å². The van der Waals surface area contributed by atoms with Crippen LogP contribution in [-0.2, 0) is 0 Å². The summed E-state index contributed by atoms with van der Waals surface area (Å²) >= 11 is 0. The predicted molar refractivity (Wildman–Crippen MR) is 71.8 cm³/mol. The monoisotopic (exact) mass is 226 g/mol. The van der Waals surface area contributed by atoms with Gasteiger partial charge in [-0.3, -0.25) is 0 Å². The molecule has 2 atom stereocenters. The van der Waals surface area contributed by atoms with Crippen molar-refractivity contribution in [1.82, 2.24) is 10.2 Å². The summed E-state index contributed by atoms with van der Waals surface area (Å²) in [6.45, 7) is 12.0. The Kier molecular flexibility index (Phi) is 7.06. The van der Waals surface area contributed by atoms with Gasteiger partial charge in [-0.2, -0.15) is 0 Å². The zero-order valence-corrected chi connectivity index (χ0v) is 11.5. The minimum absolute atomic E-state index is 0.691. The van der Waals surface area contributed by atoms with Crippen LogP contribution in [0, 0.1) is 5.92 Å². The van der Waals surface area contributed by atoms with Crippen LogP contribution in [0.3, 0.4) is 0 Å². The fraction of sp³-hybridized carbons (Fsp3) is 1.00. The van der Waals surface area contributed by atoms with Crippen molar-refractivity contribution in [3.63, 3.8) is 0 Å². The van der Waals surface area contributed by atoms with Gasteiger partial charge in [0.2, 0.25) is 0 Å². The first-order valence-corrected chi connectivity index (χ1v) is 7.18. The van der Waals surface area contributed by atoms with Gasteiger partial charge in [0.25, 0.3) is 0 Å². The molecular formula is C14H30N2. The lowest BCUT2D eigenvalue weighted by molar-refractivity contribution is 0.271. The average molecular weight is 226 g/mol. The molecule has 1 heterocycles. The minimum atomic E-state index is 0.691. The summed E-state index contributed by atoms with van der Waals surface area (Å²) < 4.78 is 0. The molecule has 1 aliphatic heterocycles. The van der Waals surface area contributed by atoms with E-state index in [9.17, 15) is 0 Å². The standard InChI is InChI=1S/C14H30N2/c1-4-15-14(3)8-6-11-16-10-5-7-13(2)9-12-16/h13-15H,4-12H2,1-3H3. The van der Waals surface area contributed by atoms with Crippen molar-refractivity contribution in [3.05, 3.63) is 0 Å². The van der Waals surface area contributed by atoms with Crippen molar-refractivity contribution in [1.29, 1.82) is 0 Å². The van der Waals surface area contributed by atoms with Gasteiger partial charge in [-0.15, -0.1) is 0 Å². The Labute approximate surface area is 102 Å². The van der Waals surface area contributed by atoms with Gasteiger partial charge >= 0.3 is 0 Å². The number of nitrogens with zero attached hydrogens (tertiary/aromatic N) is 1. The van der Waals surface area contributed by atoms with Gasteiger partial charge < -0.3 is 10.2 Å². The quantitative estimate of drug-likeness (QED) is 0.749. The summed E-state index contributed by atoms with van der Waals surface area (Å²) in [5, 5.41) is 3.48. The normalized spacial score (nSPS) is 25.3. The second-order valence-electron chi connectivity index (χ2n) is 5.48. The first kappa shape index (κ1) is 14.0. The van der Waals surface area contributed by atoms with E-state index in [1.807, 2.05) is 0 Å². The molecular weight excluding hydrogens is 196 g/mol. The van der Waals surface area contributed by atoms with E-state index in [0.29, 0.717) is 6.04 Å². The van der Waals surface area contributed by atoms with Gasteiger partial charge in [0.15, 0.2) is 0 Å². The van der Waals surface area contributed by atoms with Gasteiger partial charge in [-0.05, 0) is 71.1 Å². The van der Waals surface area contributed by atoms with E-state index in [4.69, 9.17) is 0 Å². The lowest BCUT2D eigenvalue weighted by atomic mass is 10.0. The highest BCUT2D eigenvalue weighted by Gasteiger charge is 2.13. The lowest BCUT2D eigenvalue weighted by Gasteiger charge is -2.21. The van der Waals surface area contributed by atoms with Crippen LogP contribution < -0.4 is 5.32 Å². The first-order chi connectivity index (χ1) is 7.72. The van der Waals surface area contributed by atoms with E-state index in [1.165, 1.54) is 51.7 Å². The Bertz CT molecular complexity index is 170. The van der Waals surface area contributed by atoms with Gasteiger partial charge in [0.05, 0.1) is 0 Å². The summed E-state index contributed by atoms with van der Waals surface area (Å²) in [6.07, 6.45) is 6.92. The van der Waals surface area contributed by atoms with Crippen LogP contribution in [0.1, 0.15) is 52.9 Å². The molecule has 0 aromatic heterocycles. The fourth-order valence-corrected chi connectivity index (χ4v) is 2.62. The predicted octanol–water partition coefficient (Wildman–Crippen LogP) is 2.89. The molecule has 1 saturated heterocycles. The smallest absolute Gasteiger partial charge is 0.00390 e. The van der Waals surface area contributed by atoms with Gasteiger partial charge in [-0.1, -0.05) is 13.8 Å². The summed E-state index contributed by atoms with van der Waals surface area (Å²) in [5.41, 5.74) is 0. The third kappa shape index (κ3) is 5.86. The zero-order chi connectivity index (χ0) is 11.8. The highest BCUT2D eigenvalue weighted by atomic mass is 15.1. The number of rotatable bonds is 6. The Balaban J connectivity index is 2.07. The average Bonchev–Trinajstić information content (AvgIpc) is 2.44. The number of likely N-dealkylation sites (tertiary alicyclic amines) is 1. The maximum Gasteiger partial charge on any atom is 0.00390 e. The highest BCUT2D eigenvalue weighted by Crippen LogP contribution is 2.16. The van der Waals surface area contributed by atoms with Crippen molar-refractivity contribution >= 4 is 0 Å².